The summed E-state index contributed by atoms with van der Waals surface area (Å²) in [7, 11) is 1.64. The van der Waals surface area contributed by atoms with E-state index in [1.165, 1.54) is 5.56 Å². The van der Waals surface area contributed by atoms with Crippen LogP contribution < -0.4 is 0 Å². The Morgan fingerprint density at radius 3 is 2.52 bits per heavy atom. The van der Waals surface area contributed by atoms with Crippen LogP contribution in [0.4, 0.5) is 0 Å². The number of hydrogen-bond acceptors (Lipinski definition) is 4. The van der Waals surface area contributed by atoms with Crippen molar-refractivity contribution in [2.24, 2.45) is 5.92 Å². The molecule has 0 unspecified atom stereocenters. The summed E-state index contributed by atoms with van der Waals surface area (Å²) in [5.74, 6) is 0.904. The van der Waals surface area contributed by atoms with Gasteiger partial charge in [-0.3, -0.25) is 14.5 Å². The molecule has 2 aliphatic heterocycles. The van der Waals surface area contributed by atoms with Gasteiger partial charge in [0, 0.05) is 39.8 Å². The SMILES string of the molecule is COCCN1CCN(CC(=O)N2CCC(Cc3ccccc3)CC2)CC1=O. The molecule has 1 aromatic carbocycles. The number of nitrogens with zero attached hydrogens (tertiary/aromatic N) is 3. The fourth-order valence-corrected chi connectivity index (χ4v) is 3.96. The number of carbonyl (C=O) groups excluding carboxylic acids is 2. The first-order valence-electron chi connectivity index (χ1n) is 9.96. The van der Waals surface area contributed by atoms with E-state index in [0.717, 1.165) is 38.9 Å². The number of amides is 2. The Morgan fingerprint density at radius 1 is 1.11 bits per heavy atom. The van der Waals surface area contributed by atoms with Gasteiger partial charge in [-0.2, -0.15) is 0 Å². The molecular weight excluding hydrogens is 342 g/mol. The van der Waals surface area contributed by atoms with Crippen molar-refractivity contribution < 1.29 is 14.3 Å². The van der Waals surface area contributed by atoms with E-state index in [0.29, 0.717) is 38.7 Å². The zero-order valence-corrected chi connectivity index (χ0v) is 16.3. The number of rotatable bonds is 7. The Kier molecular flexibility index (Phi) is 7.24. The van der Waals surface area contributed by atoms with E-state index in [-0.39, 0.29) is 11.8 Å². The van der Waals surface area contributed by atoms with E-state index in [1.807, 2.05) is 20.8 Å². The number of methoxy groups -OCH3 is 1. The van der Waals surface area contributed by atoms with Crippen LogP contribution in [-0.2, 0) is 20.7 Å². The Labute approximate surface area is 162 Å². The number of likely N-dealkylation sites (tertiary alicyclic amines) is 1. The second-order valence-electron chi connectivity index (χ2n) is 7.60. The van der Waals surface area contributed by atoms with E-state index in [2.05, 4.69) is 24.3 Å². The lowest BCUT2D eigenvalue weighted by atomic mass is 9.90. The maximum absolute atomic E-state index is 12.6. The van der Waals surface area contributed by atoms with Crippen molar-refractivity contribution in [1.82, 2.24) is 14.7 Å². The highest BCUT2D eigenvalue weighted by Crippen LogP contribution is 2.22. The molecular formula is C21H31N3O3. The first-order valence-corrected chi connectivity index (χ1v) is 9.96. The van der Waals surface area contributed by atoms with Gasteiger partial charge in [0.25, 0.3) is 0 Å². The van der Waals surface area contributed by atoms with E-state index in [1.54, 1.807) is 7.11 Å². The van der Waals surface area contributed by atoms with Crippen LogP contribution >= 0.6 is 0 Å². The highest BCUT2D eigenvalue weighted by Gasteiger charge is 2.28. The highest BCUT2D eigenvalue weighted by atomic mass is 16.5. The van der Waals surface area contributed by atoms with Crippen LogP contribution in [0.2, 0.25) is 0 Å². The van der Waals surface area contributed by atoms with Gasteiger partial charge < -0.3 is 14.5 Å². The second-order valence-corrected chi connectivity index (χ2v) is 7.60. The number of piperidine rings is 1. The lowest BCUT2D eigenvalue weighted by Crippen LogP contribution is -2.54. The smallest absolute Gasteiger partial charge is 0.236 e. The van der Waals surface area contributed by atoms with Crippen molar-refractivity contribution in [3.63, 3.8) is 0 Å². The van der Waals surface area contributed by atoms with Crippen LogP contribution in [0.25, 0.3) is 0 Å². The van der Waals surface area contributed by atoms with Crippen molar-refractivity contribution in [3.8, 4) is 0 Å². The number of benzene rings is 1. The van der Waals surface area contributed by atoms with E-state index < -0.39 is 0 Å². The molecule has 0 radical (unpaired) electrons. The summed E-state index contributed by atoms with van der Waals surface area (Å²) in [6.07, 6.45) is 3.22. The normalized spacial score (nSPS) is 19.5. The molecule has 0 atom stereocenters. The number of ether oxygens (including phenoxy) is 1. The van der Waals surface area contributed by atoms with Gasteiger partial charge >= 0.3 is 0 Å². The zero-order valence-electron chi connectivity index (χ0n) is 16.3. The third-order valence-corrected chi connectivity index (χ3v) is 5.66. The number of piperazine rings is 1. The summed E-state index contributed by atoms with van der Waals surface area (Å²) in [5.41, 5.74) is 1.38. The molecule has 0 bridgehead atoms. The minimum atomic E-state index is 0.0904. The molecule has 0 saturated carbocycles. The summed E-state index contributed by atoms with van der Waals surface area (Å²) in [4.78, 5) is 30.6. The third kappa shape index (κ3) is 5.78. The summed E-state index contributed by atoms with van der Waals surface area (Å²) >= 11 is 0. The van der Waals surface area contributed by atoms with Gasteiger partial charge in [0.1, 0.15) is 0 Å². The Hall–Kier alpha value is -1.92. The summed E-state index contributed by atoms with van der Waals surface area (Å²) in [5, 5.41) is 0. The monoisotopic (exact) mass is 373 g/mol. The van der Waals surface area contributed by atoms with Crippen molar-refractivity contribution in [2.75, 3.05) is 59.5 Å². The van der Waals surface area contributed by atoms with Gasteiger partial charge in [0.15, 0.2) is 0 Å². The third-order valence-electron chi connectivity index (χ3n) is 5.66. The highest BCUT2D eigenvalue weighted by molar-refractivity contribution is 5.82. The Bertz CT molecular complexity index is 614. The molecule has 2 aliphatic rings. The number of carbonyl (C=O) groups is 2. The largest absolute Gasteiger partial charge is 0.383 e. The average molecular weight is 373 g/mol. The standard InChI is InChI=1S/C21H31N3O3/c1-27-14-13-24-12-11-22(17-21(24)26)16-20(25)23-9-7-19(8-10-23)15-18-5-3-2-4-6-18/h2-6,19H,7-17H2,1H3. The van der Waals surface area contributed by atoms with Crippen LogP contribution in [0.1, 0.15) is 18.4 Å². The first kappa shape index (κ1) is 19.8. The molecule has 0 aliphatic carbocycles. The fraction of sp³-hybridized carbons (Fsp3) is 0.619. The lowest BCUT2D eigenvalue weighted by molar-refractivity contribution is -0.140. The van der Waals surface area contributed by atoms with Gasteiger partial charge in [-0.25, -0.2) is 0 Å². The molecule has 0 spiro atoms. The van der Waals surface area contributed by atoms with E-state index in [9.17, 15) is 9.59 Å². The molecule has 3 rings (SSSR count). The first-order chi connectivity index (χ1) is 13.2. The Balaban J connectivity index is 1.39. The fourth-order valence-electron chi connectivity index (χ4n) is 3.96. The molecule has 2 fully saturated rings. The predicted molar refractivity (Wildman–Crippen MR) is 104 cm³/mol. The molecule has 0 N–H and O–H groups in total. The molecule has 148 valence electrons. The van der Waals surface area contributed by atoms with E-state index in [4.69, 9.17) is 4.74 Å². The predicted octanol–water partition coefficient (Wildman–Crippen LogP) is 1.26. The van der Waals surface area contributed by atoms with Crippen molar-refractivity contribution in [2.45, 2.75) is 19.3 Å². The average Bonchev–Trinajstić information content (AvgIpc) is 2.69. The quantitative estimate of drug-likeness (QED) is 0.722. The van der Waals surface area contributed by atoms with Crippen LogP contribution in [-0.4, -0.2) is 86.0 Å². The minimum Gasteiger partial charge on any atom is -0.383 e. The maximum atomic E-state index is 12.6. The van der Waals surface area contributed by atoms with Crippen molar-refractivity contribution in [1.29, 1.82) is 0 Å². The molecule has 2 amide bonds. The van der Waals surface area contributed by atoms with Gasteiger partial charge in [0.05, 0.1) is 19.7 Å². The minimum absolute atomic E-state index is 0.0904. The lowest BCUT2D eigenvalue weighted by Gasteiger charge is -2.36. The second kappa shape index (κ2) is 9.85. The van der Waals surface area contributed by atoms with Gasteiger partial charge in [-0.15, -0.1) is 0 Å². The topological polar surface area (TPSA) is 53.1 Å². The molecule has 27 heavy (non-hydrogen) atoms. The van der Waals surface area contributed by atoms with Crippen molar-refractivity contribution in [3.05, 3.63) is 35.9 Å². The van der Waals surface area contributed by atoms with Gasteiger partial charge in [0.2, 0.25) is 11.8 Å². The van der Waals surface area contributed by atoms with Crippen LogP contribution in [0.15, 0.2) is 30.3 Å². The summed E-state index contributed by atoms with van der Waals surface area (Å²) in [6, 6.07) is 10.6. The summed E-state index contributed by atoms with van der Waals surface area (Å²) in [6.45, 7) is 4.97. The van der Waals surface area contributed by atoms with Gasteiger partial charge in [-0.05, 0) is 30.7 Å². The van der Waals surface area contributed by atoms with Crippen LogP contribution in [0, 0.1) is 5.92 Å². The molecule has 1 aromatic rings. The van der Waals surface area contributed by atoms with Gasteiger partial charge in [-0.1, -0.05) is 30.3 Å². The number of hydrogen-bond donors (Lipinski definition) is 0. The molecule has 6 heteroatoms. The molecule has 2 saturated heterocycles. The van der Waals surface area contributed by atoms with Crippen LogP contribution in [0.5, 0.6) is 0 Å². The van der Waals surface area contributed by atoms with Crippen LogP contribution in [0.3, 0.4) is 0 Å². The summed E-state index contributed by atoms with van der Waals surface area (Å²) < 4.78 is 5.04. The maximum Gasteiger partial charge on any atom is 0.236 e. The zero-order chi connectivity index (χ0) is 19.1. The molecule has 6 nitrogen and oxygen atoms in total. The molecule has 0 aromatic heterocycles. The van der Waals surface area contributed by atoms with Crippen molar-refractivity contribution >= 4 is 11.8 Å². The molecule has 2 heterocycles. The van der Waals surface area contributed by atoms with E-state index >= 15 is 0 Å². The Morgan fingerprint density at radius 2 is 1.85 bits per heavy atom.